The number of hydrogen-bond acceptors (Lipinski definition) is 3. The highest BCUT2D eigenvalue weighted by molar-refractivity contribution is 7.84. The van der Waals surface area contributed by atoms with Gasteiger partial charge in [0.2, 0.25) is 0 Å². The summed E-state index contributed by atoms with van der Waals surface area (Å²) in [7, 11) is -1.08. The molecule has 1 aliphatic heterocycles. The molecule has 1 heterocycles. The molecule has 0 spiro atoms. The van der Waals surface area contributed by atoms with Crippen LogP contribution < -0.4 is 0 Å². The van der Waals surface area contributed by atoms with E-state index < -0.39 is 16.6 Å². The number of rotatable bonds is 4. The zero-order valence-electron chi connectivity index (χ0n) is 9.89. The van der Waals surface area contributed by atoms with Crippen molar-refractivity contribution >= 4 is 10.8 Å². The Balaban J connectivity index is 1.98. The Kier molecular flexibility index (Phi) is 4.45. The first kappa shape index (κ1) is 13.2. The van der Waals surface area contributed by atoms with Crippen LogP contribution in [0.4, 0.5) is 4.39 Å². The second-order valence-corrected chi connectivity index (χ2v) is 5.85. The summed E-state index contributed by atoms with van der Waals surface area (Å²) in [5.74, 6) is 0.295. The minimum atomic E-state index is -1.08. The van der Waals surface area contributed by atoms with Crippen LogP contribution >= 0.6 is 0 Å². The quantitative estimate of drug-likeness (QED) is 0.839. The van der Waals surface area contributed by atoms with E-state index in [2.05, 4.69) is 0 Å². The van der Waals surface area contributed by atoms with Gasteiger partial charge < -0.3 is 4.74 Å². The predicted octanol–water partition coefficient (Wildman–Crippen LogP) is 2.13. The summed E-state index contributed by atoms with van der Waals surface area (Å²) >= 11 is 0. The SMILES string of the molecule is N#Cc1cc(F)cc(CS(=O)CC2CCCO2)c1. The second-order valence-electron chi connectivity index (χ2n) is 4.35. The maximum absolute atomic E-state index is 13.2. The van der Waals surface area contributed by atoms with Gasteiger partial charge in [-0.15, -0.1) is 0 Å². The lowest BCUT2D eigenvalue weighted by molar-refractivity contribution is 0.128. The number of halogens is 1. The minimum absolute atomic E-state index is 0.0647. The summed E-state index contributed by atoms with van der Waals surface area (Å²) in [5, 5.41) is 8.74. The van der Waals surface area contributed by atoms with Crippen LogP contribution in [0.2, 0.25) is 0 Å². The first-order chi connectivity index (χ1) is 8.67. The average Bonchev–Trinajstić information content (AvgIpc) is 2.80. The first-order valence-corrected chi connectivity index (χ1v) is 7.32. The molecule has 1 fully saturated rings. The van der Waals surface area contributed by atoms with Gasteiger partial charge in [-0.1, -0.05) is 0 Å². The molecule has 2 atom stereocenters. The standard InChI is InChI=1S/C13H14FNO2S/c14-12-5-10(7-15)4-11(6-12)8-18(16)9-13-2-1-3-17-13/h4-6,13H,1-3,8-9H2. The van der Waals surface area contributed by atoms with E-state index in [1.165, 1.54) is 12.1 Å². The monoisotopic (exact) mass is 267 g/mol. The van der Waals surface area contributed by atoms with Crippen molar-refractivity contribution in [2.75, 3.05) is 12.4 Å². The molecule has 18 heavy (non-hydrogen) atoms. The van der Waals surface area contributed by atoms with E-state index in [0.29, 0.717) is 11.3 Å². The van der Waals surface area contributed by atoms with E-state index in [1.807, 2.05) is 6.07 Å². The molecule has 2 rings (SSSR count). The number of ether oxygens (including phenoxy) is 1. The summed E-state index contributed by atoms with van der Waals surface area (Å²) in [5.41, 5.74) is 0.863. The van der Waals surface area contributed by atoms with Gasteiger partial charge in [-0.05, 0) is 36.6 Å². The van der Waals surface area contributed by atoms with Gasteiger partial charge in [0.1, 0.15) is 5.82 Å². The van der Waals surface area contributed by atoms with Crippen molar-refractivity contribution in [3.8, 4) is 6.07 Å². The van der Waals surface area contributed by atoms with E-state index in [-0.39, 0.29) is 17.4 Å². The van der Waals surface area contributed by atoms with Gasteiger partial charge >= 0.3 is 0 Å². The fourth-order valence-corrected chi connectivity index (χ4v) is 3.36. The van der Waals surface area contributed by atoms with Gasteiger partial charge in [0, 0.05) is 23.2 Å². The zero-order valence-corrected chi connectivity index (χ0v) is 10.7. The third-order valence-corrected chi connectivity index (χ3v) is 4.21. The molecule has 0 saturated carbocycles. The maximum atomic E-state index is 13.2. The normalized spacial score (nSPS) is 20.6. The van der Waals surface area contributed by atoms with E-state index in [4.69, 9.17) is 10.00 Å². The topological polar surface area (TPSA) is 50.1 Å². The fourth-order valence-electron chi connectivity index (χ4n) is 2.03. The largest absolute Gasteiger partial charge is 0.377 e. The van der Waals surface area contributed by atoms with Crippen molar-refractivity contribution in [2.24, 2.45) is 0 Å². The van der Waals surface area contributed by atoms with Crippen LogP contribution in [0.25, 0.3) is 0 Å². The summed E-state index contributed by atoms with van der Waals surface area (Å²) in [6, 6.07) is 5.97. The van der Waals surface area contributed by atoms with Crippen LogP contribution in [0.3, 0.4) is 0 Å². The molecule has 3 nitrogen and oxygen atoms in total. The van der Waals surface area contributed by atoms with Crippen molar-refractivity contribution in [1.82, 2.24) is 0 Å². The zero-order chi connectivity index (χ0) is 13.0. The Morgan fingerprint density at radius 1 is 1.50 bits per heavy atom. The van der Waals surface area contributed by atoms with Crippen molar-refractivity contribution in [2.45, 2.75) is 24.7 Å². The van der Waals surface area contributed by atoms with Gasteiger partial charge in [0.25, 0.3) is 0 Å². The molecule has 0 aromatic heterocycles. The number of nitriles is 1. The minimum Gasteiger partial charge on any atom is -0.377 e. The third-order valence-electron chi connectivity index (χ3n) is 2.81. The Morgan fingerprint density at radius 3 is 3.00 bits per heavy atom. The Labute approximate surface area is 108 Å². The number of hydrogen-bond donors (Lipinski definition) is 0. The summed E-state index contributed by atoms with van der Waals surface area (Å²) in [4.78, 5) is 0. The molecular formula is C13H14FNO2S. The lowest BCUT2D eigenvalue weighted by atomic mass is 10.1. The van der Waals surface area contributed by atoms with Crippen molar-refractivity contribution < 1.29 is 13.3 Å². The Bertz CT molecular complexity index is 492. The molecule has 1 aromatic rings. The van der Waals surface area contributed by atoms with E-state index in [9.17, 15) is 8.60 Å². The molecule has 2 unspecified atom stereocenters. The Hall–Kier alpha value is -1.25. The summed E-state index contributed by atoms with van der Waals surface area (Å²) in [6.45, 7) is 0.737. The highest BCUT2D eigenvalue weighted by Gasteiger charge is 2.18. The molecule has 1 saturated heterocycles. The van der Waals surface area contributed by atoms with Crippen molar-refractivity contribution in [3.63, 3.8) is 0 Å². The van der Waals surface area contributed by atoms with Gasteiger partial charge in [-0.2, -0.15) is 5.26 Å². The fraction of sp³-hybridized carbons (Fsp3) is 0.462. The van der Waals surface area contributed by atoms with Gasteiger partial charge in [0.15, 0.2) is 0 Å². The lowest BCUT2D eigenvalue weighted by Crippen LogP contribution is -2.16. The lowest BCUT2D eigenvalue weighted by Gasteiger charge is -2.09. The van der Waals surface area contributed by atoms with E-state index >= 15 is 0 Å². The molecule has 96 valence electrons. The first-order valence-electron chi connectivity index (χ1n) is 5.83. The van der Waals surface area contributed by atoms with E-state index in [1.54, 1.807) is 6.07 Å². The second kappa shape index (κ2) is 6.07. The van der Waals surface area contributed by atoms with Crippen LogP contribution in [0.5, 0.6) is 0 Å². The molecule has 0 radical (unpaired) electrons. The molecule has 1 aliphatic rings. The smallest absolute Gasteiger partial charge is 0.124 e. The maximum Gasteiger partial charge on any atom is 0.124 e. The summed E-state index contributed by atoms with van der Waals surface area (Å²) < 4.78 is 30.5. The highest BCUT2D eigenvalue weighted by Crippen LogP contribution is 2.16. The Morgan fingerprint density at radius 2 is 2.33 bits per heavy atom. The average molecular weight is 267 g/mol. The molecule has 0 N–H and O–H groups in total. The molecule has 1 aromatic carbocycles. The number of benzene rings is 1. The molecule has 0 bridgehead atoms. The van der Waals surface area contributed by atoms with Crippen LogP contribution in [-0.4, -0.2) is 22.7 Å². The summed E-state index contributed by atoms with van der Waals surface area (Å²) in [6.07, 6.45) is 2.02. The number of nitrogens with zero attached hydrogens (tertiary/aromatic N) is 1. The van der Waals surface area contributed by atoms with Crippen LogP contribution in [0.15, 0.2) is 18.2 Å². The molecule has 0 aliphatic carbocycles. The van der Waals surface area contributed by atoms with Crippen LogP contribution in [-0.2, 0) is 21.3 Å². The molecular weight excluding hydrogens is 253 g/mol. The van der Waals surface area contributed by atoms with Crippen molar-refractivity contribution in [1.29, 1.82) is 5.26 Å². The van der Waals surface area contributed by atoms with Crippen molar-refractivity contribution in [3.05, 3.63) is 35.1 Å². The van der Waals surface area contributed by atoms with Crippen LogP contribution in [0.1, 0.15) is 24.0 Å². The van der Waals surface area contributed by atoms with E-state index in [0.717, 1.165) is 19.4 Å². The molecule has 0 amide bonds. The highest BCUT2D eigenvalue weighted by atomic mass is 32.2. The third kappa shape index (κ3) is 3.62. The predicted molar refractivity (Wildman–Crippen MR) is 66.8 cm³/mol. The molecule has 5 heteroatoms. The van der Waals surface area contributed by atoms with Crippen LogP contribution in [0, 0.1) is 17.1 Å². The van der Waals surface area contributed by atoms with Gasteiger partial charge in [0.05, 0.1) is 23.5 Å². The van der Waals surface area contributed by atoms with Gasteiger partial charge in [-0.25, -0.2) is 4.39 Å². The van der Waals surface area contributed by atoms with Gasteiger partial charge in [-0.3, -0.25) is 4.21 Å².